The number of nitrogens with one attached hydrogen (secondary N) is 2. The lowest BCUT2D eigenvalue weighted by atomic mass is 9.95. The number of aryl methyl sites for hydroxylation is 1. The lowest BCUT2D eigenvalue weighted by molar-refractivity contribution is -0.132. The second-order valence-corrected chi connectivity index (χ2v) is 10.3. The first kappa shape index (κ1) is 25.0. The number of amides is 2. The predicted molar refractivity (Wildman–Crippen MR) is 145 cm³/mol. The first-order valence-corrected chi connectivity index (χ1v) is 12.8. The number of carbonyl (C=O) groups is 2. The lowest BCUT2D eigenvalue weighted by Crippen LogP contribution is -2.55. The van der Waals surface area contributed by atoms with Crippen LogP contribution >= 0.6 is 0 Å². The highest BCUT2D eigenvalue weighted by Gasteiger charge is 2.28. The van der Waals surface area contributed by atoms with E-state index >= 15 is 0 Å². The fourth-order valence-corrected chi connectivity index (χ4v) is 5.64. The van der Waals surface area contributed by atoms with Crippen LogP contribution in [0.4, 0.5) is 10.1 Å². The molecule has 0 bridgehead atoms. The molecule has 0 aliphatic carbocycles. The molecule has 2 aliphatic heterocycles. The Morgan fingerprint density at radius 1 is 1.08 bits per heavy atom. The monoisotopic (exact) mass is 500 g/mol. The van der Waals surface area contributed by atoms with Gasteiger partial charge in [-0.2, -0.15) is 0 Å². The molecule has 2 atom stereocenters. The summed E-state index contributed by atoms with van der Waals surface area (Å²) in [6.07, 6.45) is 4.99. The molecule has 0 spiro atoms. The second kappa shape index (κ2) is 9.98. The van der Waals surface area contributed by atoms with Crippen LogP contribution in [-0.4, -0.2) is 46.5 Å². The maximum Gasteiger partial charge on any atom is 0.257 e. The van der Waals surface area contributed by atoms with E-state index in [1.165, 1.54) is 12.1 Å². The Morgan fingerprint density at radius 2 is 1.78 bits per heavy atom. The second-order valence-electron chi connectivity index (χ2n) is 10.3. The molecule has 3 heterocycles. The minimum Gasteiger partial charge on any atom is -0.340 e. The van der Waals surface area contributed by atoms with Crippen LogP contribution in [0, 0.1) is 19.7 Å². The van der Waals surface area contributed by atoms with Crippen molar-refractivity contribution < 1.29 is 14.0 Å². The van der Waals surface area contributed by atoms with E-state index in [2.05, 4.69) is 24.5 Å². The Bertz CT molecular complexity index is 1380. The summed E-state index contributed by atoms with van der Waals surface area (Å²) in [5.41, 5.74) is 7.06. The average molecular weight is 501 g/mol. The number of aromatic nitrogens is 1. The highest BCUT2D eigenvalue weighted by Crippen LogP contribution is 2.40. The van der Waals surface area contributed by atoms with Gasteiger partial charge in [0.15, 0.2) is 0 Å². The Morgan fingerprint density at radius 3 is 2.49 bits per heavy atom. The predicted octanol–water partition coefficient (Wildman–Crippen LogP) is 5.00. The molecular weight excluding hydrogens is 467 g/mol. The van der Waals surface area contributed by atoms with Gasteiger partial charge in [-0.1, -0.05) is 24.3 Å². The summed E-state index contributed by atoms with van der Waals surface area (Å²) in [6.45, 7) is 9.76. The molecule has 2 amide bonds. The van der Waals surface area contributed by atoms with Crippen molar-refractivity contribution >= 4 is 29.3 Å². The van der Waals surface area contributed by atoms with Gasteiger partial charge >= 0.3 is 0 Å². The number of piperazine rings is 1. The Kier molecular flexibility index (Phi) is 6.73. The van der Waals surface area contributed by atoms with Crippen molar-refractivity contribution in [2.45, 2.75) is 52.6 Å². The summed E-state index contributed by atoms with van der Waals surface area (Å²) in [4.78, 5) is 27.9. The van der Waals surface area contributed by atoms with Gasteiger partial charge in [0.05, 0.1) is 5.57 Å². The largest absolute Gasteiger partial charge is 0.340 e. The number of hydrogen-bond acceptors (Lipinski definition) is 3. The van der Waals surface area contributed by atoms with Crippen LogP contribution in [0.2, 0.25) is 0 Å². The maximum absolute atomic E-state index is 13.5. The Labute approximate surface area is 217 Å². The van der Waals surface area contributed by atoms with Crippen molar-refractivity contribution in [3.63, 3.8) is 0 Å². The van der Waals surface area contributed by atoms with Gasteiger partial charge < -0.3 is 20.1 Å². The number of benzene rings is 2. The molecule has 2 N–H and O–H groups in total. The Hall–Kier alpha value is -3.71. The van der Waals surface area contributed by atoms with Crippen LogP contribution in [0.15, 0.2) is 48.7 Å². The third kappa shape index (κ3) is 4.96. The molecule has 2 aromatic carbocycles. The number of anilines is 1. The number of nitrogens with zero attached hydrogens (tertiary/aromatic N) is 2. The zero-order valence-corrected chi connectivity index (χ0v) is 21.8. The molecule has 6 nitrogen and oxygen atoms in total. The number of carbonyl (C=O) groups excluding carboxylic acids is 2. The summed E-state index contributed by atoms with van der Waals surface area (Å²) in [7, 11) is 0. The normalized spacial score (nSPS) is 20.3. The molecule has 7 heteroatoms. The summed E-state index contributed by atoms with van der Waals surface area (Å²) in [5, 5.41) is 6.43. The number of hydrogen-bond donors (Lipinski definition) is 2. The first-order valence-electron chi connectivity index (χ1n) is 12.8. The van der Waals surface area contributed by atoms with Crippen molar-refractivity contribution in [2.24, 2.45) is 0 Å². The third-order valence-corrected chi connectivity index (χ3v) is 7.38. The standard InChI is InChI=1S/C30H33FN4O2/c1-18-14-34(21(4)24(18)12-13-28(36)35-15-19(2)32-20(3)16-35)17-26-29-25(22-8-10-23(31)11-9-22)6-5-7-27(29)33-30(26)37/h5-11,14,17,19-20,32H,12-13,15-16H2,1-4H3,(H,33,37)/t19-,20+. The highest BCUT2D eigenvalue weighted by molar-refractivity contribution is 6.35. The summed E-state index contributed by atoms with van der Waals surface area (Å²) >= 11 is 0. The molecule has 1 saturated heterocycles. The van der Waals surface area contributed by atoms with E-state index in [0.29, 0.717) is 30.5 Å². The SMILES string of the molecule is Cc1cn(C=C2C(=O)Nc3cccc(-c4ccc(F)cc4)c32)c(C)c1CCC(=O)N1C[C@@H](C)N[C@@H](C)C1. The van der Waals surface area contributed by atoms with Crippen molar-refractivity contribution in [3.05, 3.63) is 76.9 Å². The maximum atomic E-state index is 13.5. The minimum atomic E-state index is -0.299. The number of rotatable bonds is 5. The summed E-state index contributed by atoms with van der Waals surface area (Å²) in [5.74, 6) is -0.293. The van der Waals surface area contributed by atoms with E-state index in [4.69, 9.17) is 0 Å². The fourth-order valence-electron chi connectivity index (χ4n) is 5.64. The van der Waals surface area contributed by atoms with E-state index in [0.717, 1.165) is 52.3 Å². The molecule has 0 radical (unpaired) electrons. The summed E-state index contributed by atoms with van der Waals surface area (Å²) in [6, 6.07) is 12.6. The molecule has 1 aromatic heterocycles. The molecule has 5 rings (SSSR count). The van der Waals surface area contributed by atoms with Crippen molar-refractivity contribution in [1.82, 2.24) is 14.8 Å². The zero-order chi connectivity index (χ0) is 26.3. The van der Waals surface area contributed by atoms with Crippen LogP contribution < -0.4 is 10.6 Å². The van der Waals surface area contributed by atoms with E-state index in [9.17, 15) is 14.0 Å². The van der Waals surface area contributed by atoms with Crippen LogP contribution in [0.1, 0.15) is 42.7 Å². The van der Waals surface area contributed by atoms with Gasteiger partial charge in [0.1, 0.15) is 5.82 Å². The van der Waals surface area contributed by atoms with Crippen LogP contribution in [0.3, 0.4) is 0 Å². The third-order valence-electron chi connectivity index (χ3n) is 7.38. The zero-order valence-electron chi connectivity index (χ0n) is 21.8. The molecule has 1 fully saturated rings. The fraction of sp³-hybridized carbons (Fsp3) is 0.333. The van der Waals surface area contributed by atoms with E-state index in [-0.39, 0.29) is 17.6 Å². The Balaban J connectivity index is 1.42. The quantitative estimate of drug-likeness (QED) is 0.485. The van der Waals surface area contributed by atoms with Gasteiger partial charge in [0.2, 0.25) is 5.91 Å². The summed E-state index contributed by atoms with van der Waals surface area (Å²) < 4.78 is 15.5. The van der Waals surface area contributed by atoms with E-state index in [1.54, 1.807) is 12.1 Å². The molecule has 192 valence electrons. The molecule has 0 saturated carbocycles. The van der Waals surface area contributed by atoms with Crippen LogP contribution in [0.5, 0.6) is 0 Å². The van der Waals surface area contributed by atoms with Crippen molar-refractivity contribution in [2.75, 3.05) is 18.4 Å². The molecule has 2 aliphatic rings. The number of halogens is 1. The molecular formula is C30H33FN4O2. The molecule has 3 aromatic rings. The van der Waals surface area contributed by atoms with Crippen molar-refractivity contribution in [3.8, 4) is 11.1 Å². The molecule has 37 heavy (non-hydrogen) atoms. The van der Waals surface area contributed by atoms with Gasteiger partial charge in [-0.05, 0) is 74.6 Å². The smallest absolute Gasteiger partial charge is 0.257 e. The molecule has 0 unspecified atom stereocenters. The number of fused-ring (bicyclic) bond motifs is 1. The van der Waals surface area contributed by atoms with Gasteiger partial charge in [0, 0.05) is 60.9 Å². The van der Waals surface area contributed by atoms with Gasteiger partial charge in [0.25, 0.3) is 5.91 Å². The van der Waals surface area contributed by atoms with Gasteiger partial charge in [-0.3, -0.25) is 9.59 Å². The van der Waals surface area contributed by atoms with Crippen LogP contribution in [0.25, 0.3) is 22.9 Å². The average Bonchev–Trinajstić information content (AvgIpc) is 3.32. The minimum absolute atomic E-state index is 0.172. The van der Waals surface area contributed by atoms with Gasteiger partial charge in [-0.15, -0.1) is 0 Å². The highest BCUT2D eigenvalue weighted by atomic mass is 19.1. The van der Waals surface area contributed by atoms with Crippen molar-refractivity contribution in [1.29, 1.82) is 0 Å². The van der Waals surface area contributed by atoms with E-state index < -0.39 is 0 Å². The van der Waals surface area contributed by atoms with E-state index in [1.807, 2.05) is 53.9 Å². The van der Waals surface area contributed by atoms with Crippen LogP contribution in [-0.2, 0) is 16.0 Å². The lowest BCUT2D eigenvalue weighted by Gasteiger charge is -2.36. The van der Waals surface area contributed by atoms with Gasteiger partial charge in [-0.25, -0.2) is 4.39 Å². The topological polar surface area (TPSA) is 66.4 Å². The first-order chi connectivity index (χ1) is 17.7.